The molecule has 102 valence electrons. The number of anilines is 1. The molecule has 0 atom stereocenters. The van der Waals surface area contributed by atoms with Gasteiger partial charge in [-0.25, -0.2) is 0 Å². The lowest BCUT2D eigenvalue weighted by Crippen LogP contribution is -2.14. The van der Waals surface area contributed by atoms with Gasteiger partial charge in [0.2, 0.25) is 6.79 Å². The molecule has 3 N–H and O–H groups in total. The highest BCUT2D eigenvalue weighted by Gasteiger charge is 2.13. The van der Waals surface area contributed by atoms with Crippen molar-refractivity contribution in [1.29, 1.82) is 0 Å². The maximum Gasteiger partial charge on any atom is 0.252 e. The number of rotatable bonds is 4. The predicted molar refractivity (Wildman–Crippen MR) is 72.6 cm³/mol. The van der Waals surface area contributed by atoms with Crippen molar-refractivity contribution in [3.63, 3.8) is 0 Å². The molecule has 0 aliphatic carbocycles. The number of nitrogens with zero attached hydrogens (tertiary/aromatic N) is 1. The minimum atomic E-state index is -0.508. The Morgan fingerprint density at radius 2 is 2.15 bits per heavy atom. The van der Waals surface area contributed by atoms with Crippen LogP contribution in [0.5, 0.6) is 11.5 Å². The molecule has 2 aromatic rings. The van der Waals surface area contributed by atoms with Gasteiger partial charge in [0.1, 0.15) is 0 Å². The summed E-state index contributed by atoms with van der Waals surface area (Å²) in [6.07, 6.45) is 3.05. The van der Waals surface area contributed by atoms with Crippen LogP contribution in [0.4, 0.5) is 5.69 Å². The van der Waals surface area contributed by atoms with E-state index in [2.05, 4.69) is 10.3 Å². The lowest BCUT2D eigenvalue weighted by molar-refractivity contribution is 0.100. The molecule has 0 unspecified atom stereocenters. The molecule has 0 saturated heterocycles. The first-order valence-corrected chi connectivity index (χ1v) is 6.10. The van der Waals surface area contributed by atoms with Crippen LogP contribution in [0.15, 0.2) is 36.7 Å². The highest BCUT2D eigenvalue weighted by atomic mass is 16.7. The zero-order chi connectivity index (χ0) is 13.9. The van der Waals surface area contributed by atoms with Crippen LogP contribution in [0.1, 0.15) is 15.9 Å². The Morgan fingerprint density at radius 3 is 3.00 bits per heavy atom. The first-order valence-electron chi connectivity index (χ1n) is 6.10. The lowest BCUT2D eigenvalue weighted by atomic mass is 10.1. The number of amides is 1. The molecule has 0 radical (unpaired) electrons. The van der Waals surface area contributed by atoms with Crippen LogP contribution in [-0.2, 0) is 6.54 Å². The standard InChI is InChI=1S/C14H13N3O3/c15-14(18)10-7-16-4-3-11(10)17-6-9-1-2-12-13(5-9)20-8-19-12/h1-5,7H,6,8H2,(H2,15,18)(H,16,17). The van der Waals surface area contributed by atoms with Gasteiger partial charge >= 0.3 is 0 Å². The van der Waals surface area contributed by atoms with E-state index in [0.717, 1.165) is 17.1 Å². The summed E-state index contributed by atoms with van der Waals surface area (Å²) in [5, 5.41) is 3.16. The monoisotopic (exact) mass is 271 g/mol. The number of carbonyl (C=O) groups excluding carboxylic acids is 1. The minimum absolute atomic E-state index is 0.252. The molecule has 1 amide bonds. The Morgan fingerprint density at radius 1 is 1.30 bits per heavy atom. The summed E-state index contributed by atoms with van der Waals surface area (Å²) in [7, 11) is 0. The van der Waals surface area contributed by atoms with Gasteiger partial charge in [0.05, 0.1) is 11.3 Å². The number of pyridine rings is 1. The molecule has 1 aromatic carbocycles. The molecule has 1 aliphatic heterocycles. The average molecular weight is 271 g/mol. The van der Waals surface area contributed by atoms with Crippen LogP contribution in [-0.4, -0.2) is 17.7 Å². The van der Waals surface area contributed by atoms with Gasteiger partial charge in [-0.3, -0.25) is 9.78 Å². The summed E-state index contributed by atoms with van der Waals surface area (Å²) in [5.74, 6) is 0.968. The van der Waals surface area contributed by atoms with Crippen molar-refractivity contribution in [2.75, 3.05) is 12.1 Å². The summed E-state index contributed by atoms with van der Waals surface area (Å²) in [6.45, 7) is 0.795. The van der Waals surface area contributed by atoms with Gasteiger partial charge in [-0.15, -0.1) is 0 Å². The number of nitrogens with two attached hydrogens (primary N) is 1. The number of hydrogen-bond donors (Lipinski definition) is 2. The van der Waals surface area contributed by atoms with E-state index >= 15 is 0 Å². The Kier molecular flexibility index (Phi) is 3.12. The van der Waals surface area contributed by atoms with Gasteiger partial charge in [-0.1, -0.05) is 6.07 Å². The SMILES string of the molecule is NC(=O)c1cnccc1NCc1ccc2c(c1)OCO2. The van der Waals surface area contributed by atoms with Gasteiger partial charge < -0.3 is 20.5 Å². The van der Waals surface area contributed by atoms with E-state index in [-0.39, 0.29) is 6.79 Å². The van der Waals surface area contributed by atoms with Crippen molar-refractivity contribution in [1.82, 2.24) is 4.98 Å². The third kappa shape index (κ3) is 2.35. The molecule has 6 nitrogen and oxygen atoms in total. The van der Waals surface area contributed by atoms with Crippen molar-refractivity contribution in [2.45, 2.75) is 6.54 Å². The normalized spacial score (nSPS) is 12.2. The van der Waals surface area contributed by atoms with E-state index in [1.165, 1.54) is 6.20 Å². The summed E-state index contributed by atoms with van der Waals surface area (Å²) in [5.41, 5.74) is 7.34. The summed E-state index contributed by atoms with van der Waals surface area (Å²) < 4.78 is 10.6. The molecular formula is C14H13N3O3. The number of nitrogens with one attached hydrogen (secondary N) is 1. The quantitative estimate of drug-likeness (QED) is 0.880. The fourth-order valence-corrected chi connectivity index (χ4v) is 1.99. The average Bonchev–Trinajstić information content (AvgIpc) is 2.92. The number of primary amides is 1. The van der Waals surface area contributed by atoms with Gasteiger partial charge in [0.15, 0.2) is 11.5 Å². The molecule has 6 heteroatoms. The number of benzene rings is 1. The lowest BCUT2D eigenvalue weighted by Gasteiger charge is -2.09. The number of aromatic nitrogens is 1. The van der Waals surface area contributed by atoms with E-state index in [4.69, 9.17) is 15.2 Å². The summed E-state index contributed by atoms with van der Waals surface area (Å²) in [4.78, 5) is 15.2. The molecule has 0 fully saturated rings. The van der Waals surface area contributed by atoms with E-state index in [0.29, 0.717) is 17.8 Å². The van der Waals surface area contributed by atoms with E-state index < -0.39 is 5.91 Å². The molecular weight excluding hydrogens is 258 g/mol. The third-order valence-electron chi connectivity index (χ3n) is 3.01. The van der Waals surface area contributed by atoms with Crippen LogP contribution >= 0.6 is 0 Å². The first kappa shape index (κ1) is 12.3. The number of hydrogen-bond acceptors (Lipinski definition) is 5. The molecule has 1 aliphatic rings. The first-order chi connectivity index (χ1) is 9.74. The zero-order valence-electron chi connectivity index (χ0n) is 10.6. The number of fused-ring (bicyclic) bond motifs is 1. The van der Waals surface area contributed by atoms with Crippen molar-refractivity contribution >= 4 is 11.6 Å². The van der Waals surface area contributed by atoms with Crippen molar-refractivity contribution in [3.05, 3.63) is 47.8 Å². The molecule has 0 spiro atoms. The fraction of sp³-hybridized carbons (Fsp3) is 0.143. The van der Waals surface area contributed by atoms with E-state index in [1.54, 1.807) is 12.3 Å². The van der Waals surface area contributed by atoms with Crippen LogP contribution in [0.2, 0.25) is 0 Å². The number of ether oxygens (including phenoxy) is 2. The second kappa shape index (κ2) is 5.08. The van der Waals surface area contributed by atoms with Crippen LogP contribution in [0, 0.1) is 0 Å². The van der Waals surface area contributed by atoms with Gasteiger partial charge in [0, 0.05) is 18.9 Å². The fourth-order valence-electron chi connectivity index (χ4n) is 1.99. The Bertz CT molecular complexity index is 658. The van der Waals surface area contributed by atoms with Crippen LogP contribution in [0.25, 0.3) is 0 Å². The molecule has 3 rings (SSSR count). The van der Waals surface area contributed by atoms with Gasteiger partial charge in [-0.2, -0.15) is 0 Å². The topological polar surface area (TPSA) is 86.5 Å². The maximum absolute atomic E-state index is 11.3. The highest BCUT2D eigenvalue weighted by Crippen LogP contribution is 2.32. The Labute approximate surface area is 115 Å². The van der Waals surface area contributed by atoms with E-state index in [9.17, 15) is 4.79 Å². The summed E-state index contributed by atoms with van der Waals surface area (Å²) in [6, 6.07) is 7.42. The van der Waals surface area contributed by atoms with Crippen molar-refractivity contribution in [3.8, 4) is 11.5 Å². The molecule has 2 heterocycles. The molecule has 0 saturated carbocycles. The van der Waals surface area contributed by atoms with Gasteiger partial charge in [0.25, 0.3) is 5.91 Å². The zero-order valence-corrected chi connectivity index (χ0v) is 10.6. The Hall–Kier alpha value is -2.76. The second-order valence-corrected chi connectivity index (χ2v) is 4.33. The smallest absolute Gasteiger partial charge is 0.252 e. The van der Waals surface area contributed by atoms with E-state index in [1.807, 2.05) is 18.2 Å². The summed E-state index contributed by atoms with van der Waals surface area (Å²) >= 11 is 0. The molecule has 0 bridgehead atoms. The van der Waals surface area contributed by atoms with Gasteiger partial charge in [-0.05, 0) is 23.8 Å². The van der Waals surface area contributed by atoms with Crippen molar-refractivity contribution < 1.29 is 14.3 Å². The maximum atomic E-state index is 11.3. The second-order valence-electron chi connectivity index (χ2n) is 4.33. The molecule has 20 heavy (non-hydrogen) atoms. The highest BCUT2D eigenvalue weighted by molar-refractivity contribution is 5.98. The van der Waals surface area contributed by atoms with Crippen LogP contribution < -0.4 is 20.5 Å². The minimum Gasteiger partial charge on any atom is -0.454 e. The van der Waals surface area contributed by atoms with Crippen molar-refractivity contribution in [2.24, 2.45) is 5.73 Å². The third-order valence-corrected chi connectivity index (χ3v) is 3.01. The number of carbonyl (C=O) groups is 1. The van der Waals surface area contributed by atoms with Crippen LogP contribution in [0.3, 0.4) is 0 Å². The Balaban J connectivity index is 1.75. The largest absolute Gasteiger partial charge is 0.454 e. The predicted octanol–water partition coefficient (Wildman–Crippen LogP) is 1.52. The molecule has 1 aromatic heterocycles.